The fraction of sp³-hybridized carbons (Fsp3) is 0.476. The molecule has 2 heterocycles. The van der Waals surface area contributed by atoms with Crippen molar-refractivity contribution in [2.24, 2.45) is 11.8 Å². The molecular weight excluding hydrogens is 360 g/mol. The molecular formula is C21H24N2O5. The van der Waals surface area contributed by atoms with Crippen molar-refractivity contribution in [1.29, 1.82) is 0 Å². The van der Waals surface area contributed by atoms with Crippen LogP contribution in [-0.2, 0) is 20.9 Å². The molecule has 0 bridgehead atoms. The largest absolute Gasteiger partial charge is 0.486 e. The summed E-state index contributed by atoms with van der Waals surface area (Å²) in [5, 5.41) is 0. The first-order chi connectivity index (χ1) is 13.6. The minimum atomic E-state index is -0.307. The summed E-state index contributed by atoms with van der Waals surface area (Å²) in [5.74, 6) is 0.0933. The Morgan fingerprint density at radius 2 is 1.71 bits per heavy atom. The maximum atomic E-state index is 12.8. The highest BCUT2D eigenvalue weighted by Gasteiger charge is 2.47. The lowest BCUT2D eigenvalue weighted by molar-refractivity contribution is -0.146. The van der Waals surface area contributed by atoms with Crippen LogP contribution in [0.4, 0.5) is 0 Å². The van der Waals surface area contributed by atoms with Crippen molar-refractivity contribution in [3.05, 3.63) is 35.9 Å². The monoisotopic (exact) mass is 384 g/mol. The van der Waals surface area contributed by atoms with Gasteiger partial charge in [-0.2, -0.15) is 0 Å². The van der Waals surface area contributed by atoms with Gasteiger partial charge in [0.05, 0.1) is 11.8 Å². The molecule has 1 aromatic rings. The van der Waals surface area contributed by atoms with Crippen molar-refractivity contribution in [3.8, 4) is 11.5 Å². The zero-order valence-corrected chi connectivity index (χ0v) is 15.9. The van der Waals surface area contributed by atoms with Crippen LogP contribution >= 0.6 is 0 Å². The van der Waals surface area contributed by atoms with Gasteiger partial charge in [0.15, 0.2) is 11.5 Å². The van der Waals surface area contributed by atoms with Gasteiger partial charge in [0.2, 0.25) is 17.7 Å². The lowest BCUT2D eigenvalue weighted by Gasteiger charge is -2.25. The summed E-state index contributed by atoms with van der Waals surface area (Å²) in [4.78, 5) is 40.8. The van der Waals surface area contributed by atoms with Gasteiger partial charge in [0.1, 0.15) is 19.8 Å². The number of hydrogen-bond donors (Lipinski definition) is 0. The molecule has 3 aliphatic rings. The minimum Gasteiger partial charge on any atom is -0.486 e. The zero-order chi connectivity index (χ0) is 19.7. The van der Waals surface area contributed by atoms with Crippen LogP contribution in [0, 0.1) is 11.8 Å². The number of nitrogens with zero attached hydrogens (tertiary/aromatic N) is 2. The van der Waals surface area contributed by atoms with Gasteiger partial charge < -0.3 is 14.4 Å². The highest BCUT2D eigenvalue weighted by atomic mass is 16.6. The SMILES string of the molecule is CCN(Cc1ccc2c(c1)OCCO2)C(=O)CN1C(=O)[C@H]2CC=CC[C@H]2C1=O. The van der Waals surface area contributed by atoms with Crippen LogP contribution in [0.5, 0.6) is 11.5 Å². The van der Waals surface area contributed by atoms with Crippen molar-refractivity contribution in [2.45, 2.75) is 26.3 Å². The molecule has 2 atom stereocenters. The van der Waals surface area contributed by atoms with Gasteiger partial charge in [-0.15, -0.1) is 0 Å². The normalized spacial score (nSPS) is 23.0. The van der Waals surface area contributed by atoms with E-state index >= 15 is 0 Å². The summed E-state index contributed by atoms with van der Waals surface area (Å²) in [6, 6.07) is 5.61. The number of imide groups is 1. The molecule has 28 heavy (non-hydrogen) atoms. The summed E-state index contributed by atoms with van der Waals surface area (Å²) < 4.78 is 11.1. The molecule has 148 valence electrons. The van der Waals surface area contributed by atoms with E-state index < -0.39 is 0 Å². The molecule has 0 saturated carbocycles. The van der Waals surface area contributed by atoms with Gasteiger partial charge in [0, 0.05) is 13.1 Å². The minimum absolute atomic E-state index is 0.191. The van der Waals surface area contributed by atoms with E-state index in [1.54, 1.807) is 4.90 Å². The smallest absolute Gasteiger partial charge is 0.243 e. The van der Waals surface area contributed by atoms with E-state index in [9.17, 15) is 14.4 Å². The fourth-order valence-corrected chi connectivity index (χ4v) is 4.04. The molecule has 3 amide bonds. The predicted molar refractivity (Wildman–Crippen MR) is 101 cm³/mol. The number of carbonyl (C=O) groups is 3. The highest BCUT2D eigenvalue weighted by molar-refractivity contribution is 6.07. The van der Waals surface area contributed by atoms with Gasteiger partial charge in [-0.25, -0.2) is 0 Å². The predicted octanol–water partition coefficient (Wildman–Crippen LogP) is 1.76. The lowest BCUT2D eigenvalue weighted by atomic mass is 9.85. The van der Waals surface area contributed by atoms with Crippen LogP contribution in [0.2, 0.25) is 0 Å². The zero-order valence-electron chi connectivity index (χ0n) is 15.9. The van der Waals surface area contributed by atoms with Crippen molar-refractivity contribution in [1.82, 2.24) is 9.80 Å². The summed E-state index contributed by atoms with van der Waals surface area (Å²) in [6.07, 6.45) is 5.04. The van der Waals surface area contributed by atoms with Crippen molar-refractivity contribution in [3.63, 3.8) is 0 Å². The number of ether oxygens (including phenoxy) is 2. The van der Waals surface area contributed by atoms with Crippen molar-refractivity contribution >= 4 is 17.7 Å². The number of allylic oxidation sites excluding steroid dienone is 2. The first-order valence-electron chi connectivity index (χ1n) is 9.75. The van der Waals surface area contributed by atoms with E-state index in [0.717, 1.165) is 10.5 Å². The molecule has 4 rings (SSSR count). The average Bonchev–Trinajstić information content (AvgIpc) is 2.97. The van der Waals surface area contributed by atoms with Gasteiger partial charge >= 0.3 is 0 Å². The van der Waals surface area contributed by atoms with Gasteiger partial charge in [-0.1, -0.05) is 18.2 Å². The molecule has 2 aliphatic heterocycles. The molecule has 1 saturated heterocycles. The van der Waals surface area contributed by atoms with Gasteiger partial charge in [0.25, 0.3) is 0 Å². The molecule has 0 aromatic heterocycles. The Kier molecular flexibility index (Phi) is 5.07. The number of fused-ring (bicyclic) bond motifs is 2. The molecule has 0 radical (unpaired) electrons. The molecule has 1 fully saturated rings. The molecule has 1 aliphatic carbocycles. The maximum absolute atomic E-state index is 12.8. The second kappa shape index (κ2) is 7.66. The van der Waals surface area contributed by atoms with Gasteiger partial charge in [-0.05, 0) is 37.5 Å². The van der Waals surface area contributed by atoms with E-state index in [1.165, 1.54) is 0 Å². The Morgan fingerprint density at radius 1 is 1.07 bits per heavy atom. The fourth-order valence-electron chi connectivity index (χ4n) is 4.04. The van der Waals surface area contributed by atoms with Crippen LogP contribution in [0.3, 0.4) is 0 Å². The number of likely N-dealkylation sites (N-methyl/N-ethyl adjacent to an activating group) is 1. The highest BCUT2D eigenvalue weighted by Crippen LogP contribution is 2.35. The Bertz CT molecular complexity index is 808. The second-order valence-corrected chi connectivity index (χ2v) is 7.30. The Labute approximate surface area is 163 Å². The number of hydrogen-bond acceptors (Lipinski definition) is 5. The van der Waals surface area contributed by atoms with E-state index in [-0.39, 0.29) is 36.1 Å². The topological polar surface area (TPSA) is 76.2 Å². The summed E-state index contributed by atoms with van der Waals surface area (Å²) in [6.45, 7) is 3.59. The third-order valence-corrected chi connectivity index (χ3v) is 5.61. The maximum Gasteiger partial charge on any atom is 0.243 e. The van der Waals surface area contributed by atoms with E-state index in [1.807, 2.05) is 37.3 Å². The van der Waals surface area contributed by atoms with Crippen LogP contribution in [0.25, 0.3) is 0 Å². The van der Waals surface area contributed by atoms with E-state index in [0.29, 0.717) is 50.6 Å². The number of rotatable bonds is 5. The van der Waals surface area contributed by atoms with E-state index in [4.69, 9.17) is 9.47 Å². The van der Waals surface area contributed by atoms with Crippen molar-refractivity contribution in [2.75, 3.05) is 26.3 Å². The number of likely N-dealkylation sites (tertiary alicyclic amines) is 1. The third-order valence-electron chi connectivity index (χ3n) is 5.61. The van der Waals surface area contributed by atoms with E-state index in [2.05, 4.69) is 0 Å². The van der Waals surface area contributed by atoms with Crippen molar-refractivity contribution < 1.29 is 23.9 Å². The number of amides is 3. The summed E-state index contributed by atoms with van der Waals surface area (Å²) in [5.41, 5.74) is 0.913. The van der Waals surface area contributed by atoms with Gasteiger partial charge in [-0.3, -0.25) is 19.3 Å². The van der Waals surface area contributed by atoms with Crippen LogP contribution in [0.1, 0.15) is 25.3 Å². The standard InChI is InChI=1S/C21H24N2O5/c1-2-22(12-14-7-8-17-18(11-14)28-10-9-27-17)19(24)13-23-20(25)15-5-3-4-6-16(15)21(23)26/h3-4,7-8,11,15-16H,2,5-6,9-10,12-13H2,1H3/t15-,16+. The quantitative estimate of drug-likeness (QED) is 0.571. The van der Waals surface area contributed by atoms with Crippen LogP contribution < -0.4 is 9.47 Å². The van der Waals surface area contributed by atoms with Crippen LogP contribution in [-0.4, -0.2) is 53.8 Å². The summed E-state index contributed by atoms with van der Waals surface area (Å²) in [7, 11) is 0. The second-order valence-electron chi connectivity index (χ2n) is 7.30. The number of carbonyl (C=O) groups excluding carboxylic acids is 3. The molecule has 0 spiro atoms. The molecule has 7 nitrogen and oxygen atoms in total. The Balaban J connectivity index is 1.43. The molecule has 1 aromatic carbocycles. The third kappa shape index (κ3) is 3.37. The molecule has 0 N–H and O–H groups in total. The first-order valence-corrected chi connectivity index (χ1v) is 9.75. The average molecular weight is 384 g/mol. The molecule has 7 heteroatoms. The Hall–Kier alpha value is -2.83. The van der Waals surface area contributed by atoms with Crippen LogP contribution in [0.15, 0.2) is 30.4 Å². The Morgan fingerprint density at radius 3 is 2.36 bits per heavy atom. The first kappa shape index (κ1) is 18.5. The lowest BCUT2D eigenvalue weighted by Crippen LogP contribution is -2.43. The molecule has 0 unspecified atom stereocenters. The summed E-state index contributed by atoms with van der Waals surface area (Å²) >= 11 is 0. The number of benzene rings is 1.